The van der Waals surface area contributed by atoms with Crippen LogP contribution in [0, 0.1) is 17.2 Å². The number of halogens is 3. The van der Waals surface area contributed by atoms with Crippen molar-refractivity contribution in [2.24, 2.45) is 11.3 Å². The van der Waals surface area contributed by atoms with Crippen LogP contribution in [0.1, 0.15) is 55.7 Å². The predicted molar refractivity (Wildman–Crippen MR) is 124 cm³/mol. The van der Waals surface area contributed by atoms with Crippen molar-refractivity contribution in [2.75, 3.05) is 6.61 Å². The van der Waals surface area contributed by atoms with Gasteiger partial charge in [0.05, 0.1) is 11.6 Å². The maximum atomic E-state index is 14.6. The van der Waals surface area contributed by atoms with Gasteiger partial charge in [0.15, 0.2) is 0 Å². The molecule has 0 aromatic heterocycles. The van der Waals surface area contributed by atoms with Gasteiger partial charge in [-0.2, -0.15) is 0 Å². The summed E-state index contributed by atoms with van der Waals surface area (Å²) in [5, 5.41) is 0.880. The van der Waals surface area contributed by atoms with E-state index in [0.29, 0.717) is 12.0 Å². The fourth-order valence-electron chi connectivity index (χ4n) is 5.88. The number of allylic oxidation sites excluding steroid dienone is 1. The lowest BCUT2D eigenvalue weighted by molar-refractivity contribution is -0.124. The Bertz CT molecular complexity index is 993. The van der Waals surface area contributed by atoms with Gasteiger partial charge in [-0.05, 0) is 67.0 Å². The van der Waals surface area contributed by atoms with E-state index in [1.54, 1.807) is 12.1 Å². The van der Waals surface area contributed by atoms with Crippen LogP contribution < -0.4 is 0 Å². The van der Waals surface area contributed by atoms with Crippen LogP contribution in [0.3, 0.4) is 0 Å². The first kappa shape index (κ1) is 21.5. The Morgan fingerprint density at radius 3 is 2.68 bits per heavy atom. The molecular weight excluding hydrogens is 432 g/mol. The van der Waals surface area contributed by atoms with Crippen molar-refractivity contribution in [1.29, 1.82) is 0 Å². The van der Waals surface area contributed by atoms with Crippen LogP contribution in [-0.4, -0.2) is 23.8 Å². The molecule has 0 spiro atoms. The average molecular weight is 460 g/mol. The molecule has 0 N–H and O–H groups in total. The minimum Gasteiger partial charge on any atom is -0.361 e. The highest BCUT2D eigenvalue weighted by Gasteiger charge is 2.57. The second-order valence-corrected chi connectivity index (χ2v) is 10.5. The quantitative estimate of drug-likeness (QED) is 0.432. The van der Waals surface area contributed by atoms with Crippen LogP contribution >= 0.6 is 23.2 Å². The van der Waals surface area contributed by atoms with Crippen LogP contribution in [0.5, 0.6) is 0 Å². The molecule has 3 aliphatic rings. The van der Waals surface area contributed by atoms with Gasteiger partial charge in [-0.3, -0.25) is 4.90 Å². The number of piperidine rings is 1. The molecule has 164 valence electrons. The van der Waals surface area contributed by atoms with Crippen molar-refractivity contribution < 1.29 is 9.13 Å². The van der Waals surface area contributed by atoms with Gasteiger partial charge in [0.1, 0.15) is 12.0 Å². The van der Waals surface area contributed by atoms with Gasteiger partial charge in [0.2, 0.25) is 0 Å². The van der Waals surface area contributed by atoms with E-state index in [1.807, 2.05) is 24.3 Å². The second kappa shape index (κ2) is 8.19. The number of fused-ring (bicyclic) bond motifs is 1. The second-order valence-electron chi connectivity index (χ2n) is 9.67. The summed E-state index contributed by atoms with van der Waals surface area (Å²) in [6.07, 6.45) is 6.23. The van der Waals surface area contributed by atoms with Crippen LogP contribution in [0.2, 0.25) is 10.0 Å². The first-order valence-corrected chi connectivity index (χ1v) is 11.9. The fraction of sp³-hybridized carbons (Fsp3) is 0.462. The van der Waals surface area contributed by atoms with Gasteiger partial charge in [0, 0.05) is 28.4 Å². The highest BCUT2D eigenvalue weighted by atomic mass is 35.5. The Hall–Kier alpha value is -1.39. The molecule has 2 aromatic rings. The molecule has 2 aromatic carbocycles. The predicted octanol–water partition coefficient (Wildman–Crippen LogP) is 7.38. The summed E-state index contributed by atoms with van der Waals surface area (Å²) in [6, 6.07) is 13.7. The molecule has 2 saturated heterocycles. The Morgan fingerprint density at radius 1 is 1.19 bits per heavy atom. The zero-order valence-electron chi connectivity index (χ0n) is 17.7. The van der Waals surface area contributed by atoms with Gasteiger partial charge in [-0.25, -0.2) is 4.39 Å². The molecule has 2 nitrogen and oxygen atoms in total. The summed E-state index contributed by atoms with van der Waals surface area (Å²) in [5.41, 5.74) is 2.05. The molecule has 1 unspecified atom stereocenters. The molecule has 5 rings (SSSR count). The molecule has 2 heterocycles. The van der Waals surface area contributed by atoms with E-state index < -0.39 is 0 Å². The number of hydrogen-bond acceptors (Lipinski definition) is 2. The molecule has 1 saturated carbocycles. The van der Waals surface area contributed by atoms with Crippen LogP contribution in [0.25, 0.3) is 0 Å². The molecule has 0 bridgehead atoms. The zero-order valence-corrected chi connectivity index (χ0v) is 19.2. The zero-order chi connectivity index (χ0) is 21.8. The highest BCUT2D eigenvalue weighted by Crippen LogP contribution is 2.58. The topological polar surface area (TPSA) is 12.5 Å². The lowest BCUT2D eigenvalue weighted by Gasteiger charge is -2.53. The Morgan fingerprint density at radius 2 is 2.00 bits per heavy atom. The molecule has 0 radical (unpaired) electrons. The first-order valence-electron chi connectivity index (χ1n) is 11.1. The largest absolute Gasteiger partial charge is 0.361 e. The third-order valence-corrected chi connectivity index (χ3v) is 7.94. The molecule has 5 atom stereocenters. The van der Waals surface area contributed by atoms with Crippen LogP contribution in [0.15, 0.2) is 55.1 Å². The highest BCUT2D eigenvalue weighted by molar-refractivity contribution is 6.31. The summed E-state index contributed by atoms with van der Waals surface area (Å²) >= 11 is 12.4. The number of ether oxygens (including phenoxy) is 1. The Labute approximate surface area is 194 Å². The van der Waals surface area contributed by atoms with Gasteiger partial charge in [-0.1, -0.05) is 54.4 Å². The van der Waals surface area contributed by atoms with Crippen molar-refractivity contribution in [3.05, 3.63) is 82.1 Å². The van der Waals surface area contributed by atoms with Gasteiger partial charge in [-0.15, -0.1) is 6.58 Å². The standard InChI is InChI=1S/C26H28Cl2FNO/c1-3-11-26(2)14-20(17-5-4-6-19(27)12-17)24(18-9-10-21(28)22(29)13-18)30-23(16-7-8-16)15-31-25(26)30/h3-6,9-10,12-13,16,20,23-25H,1,7-8,11,14-15H2,2H3/t20-,23-,24-,25?,26+/m1/s1. The van der Waals surface area contributed by atoms with E-state index in [1.165, 1.54) is 18.4 Å². The van der Waals surface area contributed by atoms with Crippen LogP contribution in [-0.2, 0) is 4.74 Å². The number of benzene rings is 2. The minimum absolute atomic E-state index is 0.00113. The van der Waals surface area contributed by atoms with Crippen molar-refractivity contribution in [3.63, 3.8) is 0 Å². The van der Waals surface area contributed by atoms with E-state index in [-0.39, 0.29) is 34.4 Å². The minimum atomic E-state index is -0.372. The molecule has 1 aliphatic carbocycles. The number of rotatable bonds is 5. The SMILES string of the molecule is C=CC[C@@]1(C)C[C@H](c2cccc(Cl)c2)[C@@H](c2ccc(Cl)c(F)c2)N2C1OC[C@@H]2C1CC1. The average Bonchev–Trinajstić information content (AvgIpc) is 3.48. The smallest absolute Gasteiger partial charge is 0.142 e. The number of hydrogen-bond donors (Lipinski definition) is 0. The van der Waals surface area contributed by atoms with Crippen molar-refractivity contribution in [3.8, 4) is 0 Å². The normalized spacial score (nSPS) is 33.3. The molecule has 2 aliphatic heterocycles. The van der Waals surface area contributed by atoms with Crippen molar-refractivity contribution >= 4 is 23.2 Å². The molecule has 31 heavy (non-hydrogen) atoms. The monoisotopic (exact) mass is 459 g/mol. The summed E-state index contributed by atoms with van der Waals surface area (Å²) in [5.74, 6) is 0.433. The Balaban J connectivity index is 1.67. The molecule has 0 amide bonds. The summed E-state index contributed by atoms with van der Waals surface area (Å²) in [6.45, 7) is 7.07. The maximum Gasteiger partial charge on any atom is 0.142 e. The van der Waals surface area contributed by atoms with Crippen LogP contribution in [0.4, 0.5) is 4.39 Å². The van der Waals surface area contributed by atoms with E-state index in [4.69, 9.17) is 27.9 Å². The molecular formula is C26H28Cl2FNO. The van der Waals surface area contributed by atoms with Gasteiger partial charge >= 0.3 is 0 Å². The molecule has 3 fully saturated rings. The fourth-order valence-corrected chi connectivity index (χ4v) is 6.20. The third-order valence-electron chi connectivity index (χ3n) is 7.40. The first-order chi connectivity index (χ1) is 14.9. The summed E-state index contributed by atoms with van der Waals surface area (Å²) in [7, 11) is 0. The Kier molecular flexibility index (Phi) is 5.67. The lowest BCUT2D eigenvalue weighted by Crippen LogP contribution is -2.55. The van der Waals surface area contributed by atoms with E-state index in [0.717, 1.165) is 30.0 Å². The van der Waals surface area contributed by atoms with Crippen molar-refractivity contribution in [2.45, 2.75) is 56.8 Å². The lowest BCUT2D eigenvalue weighted by atomic mass is 9.66. The van der Waals surface area contributed by atoms with E-state index >= 15 is 0 Å². The summed E-state index contributed by atoms with van der Waals surface area (Å²) < 4.78 is 21.1. The summed E-state index contributed by atoms with van der Waals surface area (Å²) in [4.78, 5) is 2.55. The van der Waals surface area contributed by atoms with E-state index in [2.05, 4.69) is 30.5 Å². The van der Waals surface area contributed by atoms with Gasteiger partial charge < -0.3 is 4.74 Å². The number of nitrogens with zero attached hydrogens (tertiary/aromatic N) is 1. The van der Waals surface area contributed by atoms with E-state index in [9.17, 15) is 4.39 Å². The molecule has 5 heteroatoms. The third kappa shape index (κ3) is 3.84. The van der Waals surface area contributed by atoms with Gasteiger partial charge in [0.25, 0.3) is 0 Å². The van der Waals surface area contributed by atoms with Crippen molar-refractivity contribution in [1.82, 2.24) is 4.90 Å². The maximum absolute atomic E-state index is 14.6.